The minimum Gasteiger partial charge on any atom is -0.390 e. The molecule has 0 amide bonds. The number of aromatic nitrogens is 9. The molecule has 10 heteroatoms. The third-order valence-electron chi connectivity index (χ3n) is 4.37. The fourth-order valence-corrected chi connectivity index (χ4v) is 3.01. The van der Waals surface area contributed by atoms with Crippen molar-refractivity contribution >= 4 is 16.9 Å². The Labute approximate surface area is 152 Å². The van der Waals surface area contributed by atoms with E-state index in [9.17, 15) is 5.11 Å². The molecular weight excluding hydrogens is 346 g/mol. The first-order valence-electron chi connectivity index (χ1n) is 8.32. The molecule has 0 aliphatic heterocycles. The molecule has 134 valence electrons. The lowest BCUT2D eigenvalue weighted by Crippen LogP contribution is -2.05. The Bertz CT molecular complexity index is 1270. The van der Waals surface area contributed by atoms with Gasteiger partial charge in [-0.25, -0.2) is 19.6 Å². The average Bonchev–Trinajstić information content (AvgIpc) is 3.40. The van der Waals surface area contributed by atoms with E-state index in [0.29, 0.717) is 23.5 Å². The Morgan fingerprint density at radius 3 is 2.81 bits per heavy atom. The summed E-state index contributed by atoms with van der Waals surface area (Å²) in [6.45, 7) is 0.400. The van der Waals surface area contributed by atoms with Crippen LogP contribution in [-0.2, 0) is 20.2 Å². The van der Waals surface area contributed by atoms with Crippen LogP contribution in [0, 0.1) is 0 Å². The fraction of sp³-hybridized carbons (Fsp3) is 0.176. The maximum absolute atomic E-state index is 9.44. The van der Waals surface area contributed by atoms with Gasteiger partial charge in [0, 0.05) is 25.0 Å². The lowest BCUT2D eigenvalue weighted by molar-refractivity contribution is 0.276. The number of pyridine rings is 1. The third-order valence-corrected chi connectivity index (χ3v) is 4.37. The van der Waals surface area contributed by atoms with Gasteiger partial charge in [-0.3, -0.25) is 4.68 Å². The lowest BCUT2D eigenvalue weighted by Gasteiger charge is -2.05. The minimum absolute atomic E-state index is 0.0726. The van der Waals surface area contributed by atoms with Crippen LogP contribution in [0.1, 0.15) is 11.3 Å². The van der Waals surface area contributed by atoms with E-state index in [1.165, 1.54) is 0 Å². The SMILES string of the molecule is Cn1cc(-c2cnc3nnn(Cc4ccc5ncc(CO)n5c4)c3n2)cn1. The first-order valence-corrected chi connectivity index (χ1v) is 8.32. The fourth-order valence-electron chi connectivity index (χ4n) is 3.01. The van der Waals surface area contributed by atoms with Crippen molar-refractivity contribution in [1.29, 1.82) is 0 Å². The van der Waals surface area contributed by atoms with E-state index in [-0.39, 0.29) is 6.61 Å². The lowest BCUT2D eigenvalue weighted by atomic mass is 10.2. The van der Waals surface area contributed by atoms with Crippen molar-refractivity contribution in [2.45, 2.75) is 13.2 Å². The highest BCUT2D eigenvalue weighted by atomic mass is 16.3. The van der Waals surface area contributed by atoms with E-state index in [4.69, 9.17) is 0 Å². The van der Waals surface area contributed by atoms with Gasteiger partial charge in [-0.1, -0.05) is 11.3 Å². The molecule has 10 nitrogen and oxygen atoms in total. The van der Waals surface area contributed by atoms with Gasteiger partial charge in [0.2, 0.25) is 5.65 Å². The summed E-state index contributed by atoms with van der Waals surface area (Å²) in [5.74, 6) is 0. The van der Waals surface area contributed by atoms with Crippen molar-refractivity contribution in [1.82, 2.24) is 44.1 Å². The second-order valence-electron chi connectivity index (χ2n) is 6.23. The standard InChI is InChI=1S/C17H15N9O/c1-24-9-12(4-20-24)14-6-19-16-17(21-14)26(23-22-16)8-11-2-3-15-18-5-13(10-27)25(15)7-11/h2-7,9,27H,8,10H2,1H3. The van der Waals surface area contributed by atoms with Gasteiger partial charge in [0.1, 0.15) is 5.65 Å². The monoisotopic (exact) mass is 361 g/mol. The molecule has 0 aromatic carbocycles. The predicted octanol–water partition coefficient (Wildman–Crippen LogP) is 0.810. The van der Waals surface area contributed by atoms with E-state index in [0.717, 1.165) is 22.5 Å². The molecule has 0 saturated carbocycles. The van der Waals surface area contributed by atoms with Crippen molar-refractivity contribution in [3.63, 3.8) is 0 Å². The summed E-state index contributed by atoms with van der Waals surface area (Å²) >= 11 is 0. The van der Waals surface area contributed by atoms with Crippen LogP contribution in [0.25, 0.3) is 28.2 Å². The molecule has 27 heavy (non-hydrogen) atoms. The van der Waals surface area contributed by atoms with Crippen LogP contribution in [0.2, 0.25) is 0 Å². The van der Waals surface area contributed by atoms with Gasteiger partial charge in [0.15, 0.2) is 5.65 Å². The van der Waals surface area contributed by atoms with Crippen LogP contribution >= 0.6 is 0 Å². The average molecular weight is 361 g/mol. The topological polar surface area (TPSA) is 112 Å². The number of fused-ring (bicyclic) bond motifs is 2. The Kier molecular flexibility index (Phi) is 3.44. The Morgan fingerprint density at radius 2 is 2.00 bits per heavy atom. The molecule has 0 saturated heterocycles. The molecule has 5 heterocycles. The van der Waals surface area contributed by atoms with E-state index >= 15 is 0 Å². The molecule has 1 N–H and O–H groups in total. The van der Waals surface area contributed by atoms with Gasteiger partial charge in [0.05, 0.1) is 43.1 Å². The van der Waals surface area contributed by atoms with Gasteiger partial charge >= 0.3 is 0 Å². The second kappa shape index (κ2) is 5.95. The van der Waals surface area contributed by atoms with Gasteiger partial charge in [-0.2, -0.15) is 5.10 Å². The molecule has 0 fully saturated rings. The van der Waals surface area contributed by atoms with E-state index < -0.39 is 0 Å². The maximum Gasteiger partial charge on any atom is 0.221 e. The number of hydrogen-bond acceptors (Lipinski definition) is 7. The number of aliphatic hydroxyl groups excluding tert-OH is 1. The summed E-state index contributed by atoms with van der Waals surface area (Å²) in [6, 6.07) is 3.87. The molecule has 0 aliphatic rings. The van der Waals surface area contributed by atoms with Gasteiger partial charge in [-0.05, 0) is 11.6 Å². The first-order chi connectivity index (χ1) is 13.2. The van der Waals surface area contributed by atoms with Crippen LogP contribution < -0.4 is 0 Å². The molecule has 5 aromatic heterocycles. The van der Waals surface area contributed by atoms with E-state index in [1.54, 1.807) is 28.0 Å². The molecule has 0 radical (unpaired) electrons. The molecular formula is C17H15N9O. The minimum atomic E-state index is -0.0726. The third kappa shape index (κ3) is 2.62. The van der Waals surface area contributed by atoms with E-state index in [1.807, 2.05) is 36.0 Å². The van der Waals surface area contributed by atoms with Crippen LogP contribution in [0.15, 0.2) is 43.1 Å². The van der Waals surface area contributed by atoms with Crippen LogP contribution in [0.4, 0.5) is 0 Å². The second-order valence-corrected chi connectivity index (χ2v) is 6.23. The number of rotatable bonds is 4. The number of aliphatic hydroxyl groups is 1. The number of nitrogens with zero attached hydrogens (tertiary/aromatic N) is 9. The highest BCUT2D eigenvalue weighted by molar-refractivity contribution is 5.69. The van der Waals surface area contributed by atoms with Gasteiger partial charge in [0.25, 0.3) is 0 Å². The van der Waals surface area contributed by atoms with Crippen molar-refractivity contribution in [3.05, 3.63) is 54.4 Å². The number of hydrogen-bond donors (Lipinski definition) is 1. The highest BCUT2D eigenvalue weighted by Gasteiger charge is 2.12. The normalized spacial score (nSPS) is 11.6. The number of aryl methyl sites for hydroxylation is 1. The summed E-state index contributed by atoms with van der Waals surface area (Å²) in [4.78, 5) is 13.3. The predicted molar refractivity (Wildman–Crippen MR) is 95.5 cm³/mol. The molecule has 0 atom stereocenters. The van der Waals surface area contributed by atoms with Crippen molar-refractivity contribution in [2.75, 3.05) is 0 Å². The van der Waals surface area contributed by atoms with Crippen molar-refractivity contribution < 1.29 is 5.11 Å². The molecule has 5 rings (SSSR count). The molecule has 0 bridgehead atoms. The molecule has 0 aliphatic carbocycles. The summed E-state index contributed by atoms with van der Waals surface area (Å²) in [6.07, 6.45) is 8.89. The largest absolute Gasteiger partial charge is 0.390 e. The van der Waals surface area contributed by atoms with Crippen molar-refractivity contribution in [2.24, 2.45) is 7.05 Å². The quantitative estimate of drug-likeness (QED) is 0.504. The zero-order valence-electron chi connectivity index (χ0n) is 14.4. The van der Waals surface area contributed by atoms with Gasteiger partial charge < -0.3 is 9.51 Å². The molecule has 5 aromatic rings. The summed E-state index contributed by atoms with van der Waals surface area (Å²) in [7, 11) is 1.86. The first kappa shape index (κ1) is 15.6. The van der Waals surface area contributed by atoms with Gasteiger partial charge in [-0.15, -0.1) is 5.10 Å². The molecule has 0 unspecified atom stereocenters. The summed E-state index contributed by atoms with van der Waals surface area (Å²) in [5, 5.41) is 21.9. The summed E-state index contributed by atoms with van der Waals surface area (Å²) in [5.41, 5.74) is 5.18. The number of imidazole rings is 1. The molecule has 0 spiro atoms. The van der Waals surface area contributed by atoms with Crippen LogP contribution in [0.5, 0.6) is 0 Å². The van der Waals surface area contributed by atoms with E-state index in [2.05, 4.69) is 30.4 Å². The smallest absolute Gasteiger partial charge is 0.221 e. The zero-order chi connectivity index (χ0) is 18.4. The zero-order valence-corrected chi connectivity index (χ0v) is 14.4. The maximum atomic E-state index is 9.44. The highest BCUT2D eigenvalue weighted by Crippen LogP contribution is 2.18. The van der Waals surface area contributed by atoms with Crippen LogP contribution in [0.3, 0.4) is 0 Å². The van der Waals surface area contributed by atoms with Crippen LogP contribution in [-0.4, -0.2) is 49.2 Å². The Hall–Kier alpha value is -3.66. The Morgan fingerprint density at radius 1 is 1.07 bits per heavy atom. The van der Waals surface area contributed by atoms with Crippen molar-refractivity contribution in [3.8, 4) is 11.3 Å². The Balaban J connectivity index is 1.55. The summed E-state index contributed by atoms with van der Waals surface area (Å²) < 4.78 is 5.29.